The van der Waals surface area contributed by atoms with Gasteiger partial charge in [-0.2, -0.15) is 0 Å². The molecule has 2 rings (SSSR count). The number of nitrogens with one attached hydrogen (secondary N) is 1. The van der Waals surface area contributed by atoms with Crippen molar-refractivity contribution in [2.24, 2.45) is 0 Å². The van der Waals surface area contributed by atoms with Gasteiger partial charge < -0.3 is 5.32 Å². The van der Waals surface area contributed by atoms with E-state index in [4.69, 9.17) is 0 Å². The summed E-state index contributed by atoms with van der Waals surface area (Å²) in [5.41, 5.74) is 5.20. The van der Waals surface area contributed by atoms with E-state index in [2.05, 4.69) is 84.5 Å². The number of benzene rings is 2. The van der Waals surface area contributed by atoms with Crippen LogP contribution in [0.1, 0.15) is 29.5 Å². The first-order valence-electron chi connectivity index (χ1n) is 6.63. The summed E-state index contributed by atoms with van der Waals surface area (Å²) in [6.45, 7) is 7.50. The maximum atomic E-state index is 3.59. The van der Waals surface area contributed by atoms with Crippen molar-refractivity contribution in [3.63, 3.8) is 0 Å². The van der Waals surface area contributed by atoms with Crippen molar-refractivity contribution in [2.45, 2.75) is 26.7 Å². The number of hydrogen-bond acceptors (Lipinski definition) is 1. The number of halogens is 1. The van der Waals surface area contributed by atoms with E-state index in [0.717, 1.165) is 11.0 Å². The van der Waals surface area contributed by atoms with Gasteiger partial charge in [0.1, 0.15) is 0 Å². The lowest BCUT2D eigenvalue weighted by atomic mass is 10.0. The van der Waals surface area contributed by atoms with Crippen molar-refractivity contribution in [1.29, 1.82) is 0 Å². The third kappa shape index (κ3) is 3.60. The summed E-state index contributed by atoms with van der Waals surface area (Å²) in [5, 5.41) is 3.59. The predicted octanol–water partition coefficient (Wildman–Crippen LogP) is 5.28. The van der Waals surface area contributed by atoms with Crippen molar-refractivity contribution in [2.75, 3.05) is 11.9 Å². The zero-order valence-corrected chi connectivity index (χ0v) is 13.3. The summed E-state index contributed by atoms with van der Waals surface area (Å²) in [7, 11) is 0. The molecule has 2 aromatic carbocycles. The highest BCUT2D eigenvalue weighted by molar-refractivity contribution is 9.10. The minimum atomic E-state index is 0.503. The summed E-state index contributed by atoms with van der Waals surface area (Å²) in [6, 6.07) is 14.9. The Morgan fingerprint density at radius 2 is 1.63 bits per heavy atom. The molecule has 0 aliphatic rings. The normalized spacial score (nSPS) is 12.2. The van der Waals surface area contributed by atoms with Crippen molar-refractivity contribution in [1.82, 2.24) is 0 Å². The van der Waals surface area contributed by atoms with Crippen molar-refractivity contribution < 1.29 is 0 Å². The largest absolute Gasteiger partial charge is 0.384 e. The maximum absolute atomic E-state index is 3.59. The highest BCUT2D eigenvalue weighted by Gasteiger charge is 2.08. The van der Waals surface area contributed by atoms with Crippen LogP contribution in [0.25, 0.3) is 0 Å². The van der Waals surface area contributed by atoms with Crippen molar-refractivity contribution in [3.05, 3.63) is 63.6 Å². The van der Waals surface area contributed by atoms with Crippen LogP contribution >= 0.6 is 15.9 Å². The summed E-state index contributed by atoms with van der Waals surface area (Å²) >= 11 is 3.54. The molecule has 1 unspecified atom stereocenters. The topological polar surface area (TPSA) is 12.0 Å². The average Bonchev–Trinajstić information content (AvgIpc) is 2.38. The Labute approximate surface area is 124 Å². The van der Waals surface area contributed by atoms with Crippen LogP contribution in [0.15, 0.2) is 46.9 Å². The van der Waals surface area contributed by atoms with Crippen LogP contribution in [0.3, 0.4) is 0 Å². The van der Waals surface area contributed by atoms with Gasteiger partial charge in [-0.15, -0.1) is 0 Å². The molecule has 0 amide bonds. The van der Waals surface area contributed by atoms with E-state index in [9.17, 15) is 0 Å². The highest BCUT2D eigenvalue weighted by atomic mass is 79.9. The van der Waals surface area contributed by atoms with E-state index in [1.165, 1.54) is 22.4 Å². The fraction of sp³-hybridized carbons (Fsp3) is 0.294. The minimum absolute atomic E-state index is 0.503. The van der Waals surface area contributed by atoms with Crippen molar-refractivity contribution in [3.8, 4) is 0 Å². The van der Waals surface area contributed by atoms with Gasteiger partial charge in [0.25, 0.3) is 0 Å². The van der Waals surface area contributed by atoms with Gasteiger partial charge in [0, 0.05) is 16.7 Å². The first-order valence-corrected chi connectivity index (χ1v) is 7.43. The van der Waals surface area contributed by atoms with Gasteiger partial charge in [0.05, 0.1) is 0 Å². The third-order valence-corrected chi connectivity index (χ3v) is 3.91. The van der Waals surface area contributed by atoms with Gasteiger partial charge in [0.15, 0.2) is 0 Å². The molecule has 1 N–H and O–H groups in total. The Balaban J connectivity index is 2.07. The molecule has 0 spiro atoms. The average molecular weight is 318 g/mol. The molecule has 2 aromatic rings. The lowest BCUT2D eigenvalue weighted by Crippen LogP contribution is -2.11. The molecule has 0 bridgehead atoms. The Hall–Kier alpha value is -1.28. The molecule has 1 nitrogen and oxygen atoms in total. The van der Waals surface area contributed by atoms with Gasteiger partial charge in [0.2, 0.25) is 0 Å². The monoisotopic (exact) mass is 317 g/mol. The highest BCUT2D eigenvalue weighted by Crippen LogP contribution is 2.26. The Bertz CT molecular complexity index is 525. The molecule has 0 heterocycles. The van der Waals surface area contributed by atoms with Gasteiger partial charge in [-0.05, 0) is 48.6 Å². The van der Waals surface area contributed by atoms with Crippen molar-refractivity contribution >= 4 is 21.6 Å². The summed E-state index contributed by atoms with van der Waals surface area (Å²) in [4.78, 5) is 0. The summed E-state index contributed by atoms with van der Waals surface area (Å²) in [5.74, 6) is 0.503. The zero-order valence-electron chi connectivity index (χ0n) is 11.7. The van der Waals surface area contributed by atoms with E-state index in [1.807, 2.05) is 0 Å². The SMILES string of the molecule is Cc1cc(Br)cc(C)c1NCC(C)c1ccccc1. The van der Waals surface area contributed by atoms with Crippen LogP contribution in [0, 0.1) is 13.8 Å². The van der Waals surface area contributed by atoms with Crippen LogP contribution in [0.4, 0.5) is 5.69 Å². The number of rotatable bonds is 4. The minimum Gasteiger partial charge on any atom is -0.384 e. The number of aryl methyl sites for hydroxylation is 2. The third-order valence-electron chi connectivity index (χ3n) is 3.45. The standard InChI is InChI=1S/C17H20BrN/c1-12-9-16(18)10-13(2)17(12)19-11-14(3)15-7-5-4-6-8-15/h4-10,14,19H,11H2,1-3H3. The molecule has 1 atom stereocenters. The molecular weight excluding hydrogens is 298 g/mol. The molecule has 0 radical (unpaired) electrons. The molecule has 19 heavy (non-hydrogen) atoms. The Kier molecular flexibility index (Phi) is 4.65. The lowest BCUT2D eigenvalue weighted by molar-refractivity contribution is 0.803. The lowest BCUT2D eigenvalue weighted by Gasteiger charge is -2.17. The molecule has 0 aromatic heterocycles. The fourth-order valence-electron chi connectivity index (χ4n) is 2.34. The van der Waals surface area contributed by atoms with Gasteiger partial charge >= 0.3 is 0 Å². The summed E-state index contributed by atoms with van der Waals surface area (Å²) in [6.07, 6.45) is 0. The van der Waals surface area contributed by atoms with Crippen LogP contribution in [-0.4, -0.2) is 6.54 Å². The predicted molar refractivity (Wildman–Crippen MR) is 87.0 cm³/mol. The molecule has 0 saturated heterocycles. The molecule has 0 saturated carbocycles. The van der Waals surface area contributed by atoms with Crippen LogP contribution in [0.5, 0.6) is 0 Å². The molecule has 0 aliphatic heterocycles. The van der Waals surface area contributed by atoms with Gasteiger partial charge in [-0.1, -0.05) is 53.2 Å². The second kappa shape index (κ2) is 6.25. The number of hydrogen-bond donors (Lipinski definition) is 1. The molecule has 0 aliphatic carbocycles. The van der Waals surface area contributed by atoms with E-state index < -0.39 is 0 Å². The van der Waals surface area contributed by atoms with E-state index >= 15 is 0 Å². The van der Waals surface area contributed by atoms with E-state index in [-0.39, 0.29) is 0 Å². The second-order valence-electron chi connectivity index (χ2n) is 5.11. The maximum Gasteiger partial charge on any atom is 0.0400 e. The summed E-state index contributed by atoms with van der Waals surface area (Å²) < 4.78 is 1.14. The smallest absolute Gasteiger partial charge is 0.0400 e. The second-order valence-corrected chi connectivity index (χ2v) is 6.02. The zero-order chi connectivity index (χ0) is 13.8. The quantitative estimate of drug-likeness (QED) is 0.808. The van der Waals surface area contributed by atoms with Gasteiger partial charge in [-0.3, -0.25) is 0 Å². The Morgan fingerprint density at radius 3 is 2.21 bits per heavy atom. The molecule has 2 heteroatoms. The molecule has 100 valence electrons. The fourth-order valence-corrected chi connectivity index (χ4v) is 3.03. The molecular formula is C17H20BrN. The Morgan fingerprint density at radius 1 is 1.05 bits per heavy atom. The van der Waals surface area contributed by atoms with Crippen LogP contribution < -0.4 is 5.32 Å². The van der Waals surface area contributed by atoms with E-state index in [1.54, 1.807) is 0 Å². The van der Waals surface area contributed by atoms with Gasteiger partial charge in [-0.25, -0.2) is 0 Å². The molecule has 0 fully saturated rings. The van der Waals surface area contributed by atoms with E-state index in [0.29, 0.717) is 5.92 Å². The van der Waals surface area contributed by atoms with Crippen LogP contribution in [-0.2, 0) is 0 Å². The first kappa shape index (κ1) is 14.1. The van der Waals surface area contributed by atoms with Crippen LogP contribution in [0.2, 0.25) is 0 Å². The number of anilines is 1. The first-order chi connectivity index (χ1) is 9.08.